The molecule has 18 heavy (non-hydrogen) atoms. The van der Waals surface area contributed by atoms with Gasteiger partial charge in [0.1, 0.15) is 6.04 Å². The Morgan fingerprint density at radius 2 is 2.22 bits per heavy atom. The molecule has 2 rings (SSSR count). The zero-order valence-electron chi connectivity index (χ0n) is 9.72. The number of carboxylic acid groups (broad SMARTS) is 1. The topological polar surface area (TPSA) is 57.6 Å². The average molecular weight is 286 g/mol. The molecule has 1 atom stereocenters. The maximum atomic E-state index is 12.2. The van der Waals surface area contributed by atoms with E-state index in [1.54, 1.807) is 18.2 Å². The Morgan fingerprint density at radius 1 is 1.50 bits per heavy atom. The van der Waals surface area contributed by atoms with E-state index in [1.807, 2.05) is 6.92 Å². The predicted octanol–water partition coefficient (Wildman–Crippen LogP) is 2.25. The van der Waals surface area contributed by atoms with Gasteiger partial charge in [-0.25, -0.2) is 4.79 Å². The van der Waals surface area contributed by atoms with Crippen molar-refractivity contribution in [3.8, 4) is 0 Å². The Morgan fingerprint density at radius 3 is 2.83 bits per heavy atom. The number of benzene rings is 1. The quantitative estimate of drug-likeness (QED) is 0.905. The highest BCUT2D eigenvalue weighted by atomic mass is 35.5. The molecule has 1 unspecified atom stereocenters. The molecule has 1 fully saturated rings. The summed E-state index contributed by atoms with van der Waals surface area (Å²) in [5.74, 6) is -0.364. The van der Waals surface area contributed by atoms with Gasteiger partial charge in [-0.3, -0.25) is 4.79 Å². The van der Waals surface area contributed by atoms with E-state index in [1.165, 1.54) is 16.7 Å². The number of hydrogen-bond acceptors (Lipinski definition) is 3. The standard InChI is InChI=1S/C12H12ClNO3S/c1-7-4-8(2-3-9(7)13)11(15)14-6-18-5-10(14)12(16)17/h2-4,10H,5-6H2,1H3,(H,16,17). The van der Waals surface area contributed by atoms with Gasteiger partial charge in [-0.1, -0.05) is 11.6 Å². The molecule has 1 saturated heterocycles. The van der Waals surface area contributed by atoms with Crippen LogP contribution < -0.4 is 0 Å². The molecule has 1 amide bonds. The van der Waals surface area contributed by atoms with Crippen LogP contribution >= 0.6 is 23.4 Å². The second-order valence-corrected chi connectivity index (χ2v) is 5.50. The van der Waals surface area contributed by atoms with Gasteiger partial charge in [-0.15, -0.1) is 11.8 Å². The first-order chi connectivity index (χ1) is 8.50. The lowest BCUT2D eigenvalue weighted by Crippen LogP contribution is -2.41. The number of halogens is 1. The molecule has 0 aromatic heterocycles. The second kappa shape index (κ2) is 5.20. The summed E-state index contributed by atoms with van der Waals surface area (Å²) >= 11 is 7.35. The van der Waals surface area contributed by atoms with Crippen molar-refractivity contribution in [1.29, 1.82) is 0 Å². The zero-order chi connectivity index (χ0) is 13.3. The smallest absolute Gasteiger partial charge is 0.327 e. The summed E-state index contributed by atoms with van der Waals surface area (Å²) in [7, 11) is 0. The summed E-state index contributed by atoms with van der Waals surface area (Å²) in [6.45, 7) is 1.81. The number of carbonyl (C=O) groups is 2. The Bertz CT molecular complexity index is 506. The van der Waals surface area contributed by atoms with Crippen LogP contribution in [0.2, 0.25) is 5.02 Å². The summed E-state index contributed by atoms with van der Waals surface area (Å²) in [6.07, 6.45) is 0. The fraction of sp³-hybridized carbons (Fsp3) is 0.333. The lowest BCUT2D eigenvalue weighted by Gasteiger charge is -2.20. The van der Waals surface area contributed by atoms with E-state index >= 15 is 0 Å². The molecular formula is C12H12ClNO3S. The summed E-state index contributed by atoms with van der Waals surface area (Å²) in [5, 5.41) is 9.64. The molecule has 0 bridgehead atoms. The van der Waals surface area contributed by atoms with Gasteiger partial charge in [0.2, 0.25) is 0 Å². The van der Waals surface area contributed by atoms with E-state index in [0.29, 0.717) is 22.2 Å². The number of carboxylic acids is 1. The van der Waals surface area contributed by atoms with Gasteiger partial charge in [-0.2, -0.15) is 0 Å². The lowest BCUT2D eigenvalue weighted by atomic mass is 10.1. The highest BCUT2D eigenvalue weighted by molar-refractivity contribution is 7.99. The lowest BCUT2D eigenvalue weighted by molar-refractivity contribution is -0.140. The SMILES string of the molecule is Cc1cc(C(=O)N2CSCC2C(=O)O)ccc1Cl. The molecule has 4 nitrogen and oxygen atoms in total. The minimum atomic E-state index is -0.959. The van der Waals surface area contributed by atoms with E-state index in [-0.39, 0.29) is 5.91 Å². The Hall–Kier alpha value is -1.20. The summed E-state index contributed by atoms with van der Waals surface area (Å²) in [5.41, 5.74) is 1.28. The van der Waals surface area contributed by atoms with Gasteiger partial charge in [0.25, 0.3) is 5.91 Å². The number of amides is 1. The molecule has 96 valence electrons. The highest BCUT2D eigenvalue weighted by Gasteiger charge is 2.34. The monoisotopic (exact) mass is 285 g/mol. The van der Waals surface area contributed by atoms with Gasteiger partial charge < -0.3 is 10.0 Å². The molecule has 1 N–H and O–H groups in total. The highest BCUT2D eigenvalue weighted by Crippen LogP contribution is 2.24. The largest absolute Gasteiger partial charge is 0.480 e. The van der Waals surface area contributed by atoms with Crippen molar-refractivity contribution in [2.45, 2.75) is 13.0 Å². The third-order valence-corrected chi connectivity index (χ3v) is 4.27. The number of aryl methyl sites for hydroxylation is 1. The number of rotatable bonds is 2. The van der Waals surface area contributed by atoms with Crippen molar-refractivity contribution >= 4 is 35.2 Å². The van der Waals surface area contributed by atoms with Gasteiger partial charge >= 0.3 is 5.97 Å². The van der Waals surface area contributed by atoms with Crippen LogP contribution in [-0.4, -0.2) is 39.6 Å². The average Bonchev–Trinajstić information content (AvgIpc) is 2.81. The van der Waals surface area contributed by atoms with Gasteiger partial charge in [0.15, 0.2) is 0 Å². The van der Waals surface area contributed by atoms with Crippen molar-refractivity contribution in [2.24, 2.45) is 0 Å². The number of aliphatic carboxylic acids is 1. The van der Waals surface area contributed by atoms with Crippen molar-refractivity contribution in [1.82, 2.24) is 4.90 Å². The van der Waals surface area contributed by atoms with E-state index in [4.69, 9.17) is 16.7 Å². The molecule has 1 aliphatic heterocycles. The molecule has 0 saturated carbocycles. The molecule has 0 radical (unpaired) electrons. The van der Waals surface area contributed by atoms with Crippen LogP contribution in [0.15, 0.2) is 18.2 Å². The molecule has 1 aromatic rings. The summed E-state index contributed by atoms with van der Waals surface area (Å²) in [4.78, 5) is 24.7. The molecule has 6 heteroatoms. The number of carbonyl (C=O) groups excluding carboxylic acids is 1. The first kappa shape index (κ1) is 13.2. The van der Waals surface area contributed by atoms with Crippen LogP contribution in [0.25, 0.3) is 0 Å². The fourth-order valence-corrected chi connectivity index (χ4v) is 3.05. The van der Waals surface area contributed by atoms with Crippen molar-refractivity contribution in [3.63, 3.8) is 0 Å². The van der Waals surface area contributed by atoms with Gasteiger partial charge in [0, 0.05) is 16.3 Å². The van der Waals surface area contributed by atoms with E-state index in [9.17, 15) is 9.59 Å². The first-order valence-electron chi connectivity index (χ1n) is 5.38. The minimum Gasteiger partial charge on any atom is -0.480 e. The predicted molar refractivity (Wildman–Crippen MR) is 71.1 cm³/mol. The number of hydrogen-bond donors (Lipinski definition) is 1. The number of thioether (sulfide) groups is 1. The fourth-order valence-electron chi connectivity index (χ4n) is 1.79. The third kappa shape index (κ3) is 2.47. The third-order valence-electron chi connectivity index (χ3n) is 2.83. The first-order valence-corrected chi connectivity index (χ1v) is 6.91. The van der Waals surface area contributed by atoms with E-state index in [0.717, 1.165) is 5.56 Å². The van der Waals surface area contributed by atoms with Crippen LogP contribution in [0.1, 0.15) is 15.9 Å². The maximum absolute atomic E-state index is 12.2. The Kier molecular flexibility index (Phi) is 3.82. The van der Waals surface area contributed by atoms with Crippen molar-refractivity contribution in [3.05, 3.63) is 34.3 Å². The van der Waals surface area contributed by atoms with Crippen molar-refractivity contribution in [2.75, 3.05) is 11.6 Å². The van der Waals surface area contributed by atoms with Crippen LogP contribution in [0.5, 0.6) is 0 Å². The molecule has 1 aromatic carbocycles. The molecule has 1 aliphatic rings. The van der Waals surface area contributed by atoms with Crippen LogP contribution in [0, 0.1) is 6.92 Å². The Balaban J connectivity index is 2.25. The van der Waals surface area contributed by atoms with Gasteiger partial charge in [-0.05, 0) is 30.7 Å². The van der Waals surface area contributed by atoms with Gasteiger partial charge in [0.05, 0.1) is 5.88 Å². The van der Waals surface area contributed by atoms with Crippen LogP contribution in [0.3, 0.4) is 0 Å². The normalized spacial score (nSPS) is 19.0. The number of nitrogens with zero attached hydrogens (tertiary/aromatic N) is 1. The second-order valence-electron chi connectivity index (χ2n) is 4.09. The van der Waals surface area contributed by atoms with Crippen LogP contribution in [-0.2, 0) is 4.79 Å². The van der Waals surface area contributed by atoms with E-state index < -0.39 is 12.0 Å². The minimum absolute atomic E-state index is 0.257. The summed E-state index contributed by atoms with van der Waals surface area (Å²) in [6, 6.07) is 4.23. The van der Waals surface area contributed by atoms with Crippen LogP contribution in [0.4, 0.5) is 0 Å². The zero-order valence-corrected chi connectivity index (χ0v) is 11.3. The molecule has 1 heterocycles. The van der Waals surface area contributed by atoms with Crippen molar-refractivity contribution < 1.29 is 14.7 Å². The molecular weight excluding hydrogens is 274 g/mol. The molecule has 0 spiro atoms. The maximum Gasteiger partial charge on any atom is 0.327 e. The Labute approximate surface area is 114 Å². The molecule has 0 aliphatic carbocycles. The summed E-state index contributed by atoms with van der Waals surface area (Å²) < 4.78 is 0. The van der Waals surface area contributed by atoms with E-state index in [2.05, 4.69) is 0 Å².